The number of carbonyl (C=O) groups excluding carboxylic acids is 2. The molecule has 2 atom stereocenters. The van der Waals surface area contributed by atoms with Gasteiger partial charge in [0.05, 0.1) is 10.9 Å². The van der Waals surface area contributed by atoms with E-state index in [9.17, 15) is 9.59 Å². The number of methoxy groups -OCH3 is 1. The molecule has 4 rings (SSSR count). The van der Waals surface area contributed by atoms with Gasteiger partial charge in [-0.2, -0.15) is 0 Å². The molecule has 1 aromatic rings. The molecular formula is C26H41ClN4O4S. The van der Waals surface area contributed by atoms with E-state index < -0.39 is 6.04 Å². The fourth-order valence-electron chi connectivity index (χ4n) is 5.89. The molecule has 0 radical (unpaired) electrons. The summed E-state index contributed by atoms with van der Waals surface area (Å²) >= 11 is 7.22. The van der Waals surface area contributed by atoms with E-state index in [1.54, 1.807) is 24.1 Å². The Morgan fingerprint density at radius 2 is 1.97 bits per heavy atom. The van der Waals surface area contributed by atoms with Gasteiger partial charge in [-0.3, -0.25) is 9.59 Å². The van der Waals surface area contributed by atoms with Crippen LogP contribution in [-0.2, 0) is 14.3 Å². The van der Waals surface area contributed by atoms with Crippen molar-refractivity contribution >= 4 is 34.8 Å². The van der Waals surface area contributed by atoms with Crippen molar-refractivity contribution in [3.63, 3.8) is 0 Å². The van der Waals surface area contributed by atoms with Crippen molar-refractivity contribution in [2.45, 2.75) is 63.1 Å². The lowest BCUT2D eigenvalue weighted by Gasteiger charge is -2.42. The predicted octanol–water partition coefficient (Wildman–Crippen LogP) is 3.10. The maximum atomic E-state index is 13.3. The second-order valence-corrected chi connectivity index (χ2v) is 12.1. The molecule has 1 aromatic heterocycles. The minimum absolute atomic E-state index is 0.0171. The molecule has 2 aliphatic heterocycles. The van der Waals surface area contributed by atoms with Crippen molar-refractivity contribution in [3.05, 3.63) is 16.5 Å². The second kappa shape index (κ2) is 13.4. The van der Waals surface area contributed by atoms with Gasteiger partial charge in [-0.1, -0.05) is 22.9 Å². The molecule has 0 spiro atoms. The maximum Gasteiger partial charge on any atom is 0.261 e. The lowest BCUT2D eigenvalue weighted by Crippen LogP contribution is -2.61. The zero-order chi connectivity index (χ0) is 25.5. The number of ether oxygens (including phenoxy) is 2. The summed E-state index contributed by atoms with van der Waals surface area (Å²) in [6.07, 6.45) is 8.52. The quantitative estimate of drug-likeness (QED) is 0.465. The van der Waals surface area contributed by atoms with Gasteiger partial charge in [0.2, 0.25) is 5.91 Å². The third-order valence-corrected chi connectivity index (χ3v) is 9.17. The average Bonchev–Trinajstić information content (AvgIpc) is 3.48. The van der Waals surface area contributed by atoms with Gasteiger partial charge in [-0.25, -0.2) is 0 Å². The van der Waals surface area contributed by atoms with E-state index in [1.165, 1.54) is 50.0 Å². The van der Waals surface area contributed by atoms with Crippen molar-refractivity contribution in [1.82, 2.24) is 20.0 Å². The zero-order valence-electron chi connectivity index (χ0n) is 21.6. The van der Waals surface area contributed by atoms with Crippen LogP contribution >= 0.6 is 22.9 Å². The van der Waals surface area contributed by atoms with Crippen LogP contribution in [0.4, 0.5) is 0 Å². The number of amides is 2. The molecule has 0 bridgehead atoms. The van der Waals surface area contributed by atoms with E-state index in [4.69, 9.17) is 21.1 Å². The Balaban J connectivity index is 1.20. The van der Waals surface area contributed by atoms with Gasteiger partial charge in [0.1, 0.15) is 6.04 Å². The van der Waals surface area contributed by atoms with Crippen LogP contribution in [0.25, 0.3) is 0 Å². The lowest BCUT2D eigenvalue weighted by molar-refractivity contribution is -0.155. The Kier molecular flexibility index (Phi) is 10.3. The molecule has 3 heterocycles. The van der Waals surface area contributed by atoms with Gasteiger partial charge in [0.25, 0.3) is 5.91 Å². The van der Waals surface area contributed by atoms with Gasteiger partial charge in [-0.05, 0) is 83.1 Å². The van der Waals surface area contributed by atoms with Crippen molar-refractivity contribution < 1.29 is 19.1 Å². The highest BCUT2D eigenvalue weighted by atomic mass is 35.5. The number of nitrogens with zero attached hydrogens (tertiary/aromatic N) is 3. The topological polar surface area (TPSA) is 74.4 Å². The fraction of sp³-hybridized carbons (Fsp3) is 0.769. The highest BCUT2D eigenvalue weighted by Gasteiger charge is 2.38. The Morgan fingerprint density at radius 3 is 2.64 bits per heavy atom. The minimum atomic E-state index is -0.599. The molecule has 1 aliphatic carbocycles. The first kappa shape index (κ1) is 27.6. The summed E-state index contributed by atoms with van der Waals surface area (Å²) in [5, 5.41) is 4.38. The van der Waals surface area contributed by atoms with Crippen LogP contribution < -0.4 is 10.1 Å². The van der Waals surface area contributed by atoms with E-state index in [0.717, 1.165) is 32.0 Å². The summed E-state index contributed by atoms with van der Waals surface area (Å²) in [5.74, 6) is 0.298. The van der Waals surface area contributed by atoms with Gasteiger partial charge in [-0.15, -0.1) is 0 Å². The van der Waals surface area contributed by atoms with Crippen LogP contribution in [-0.4, -0.2) is 105 Å². The summed E-state index contributed by atoms with van der Waals surface area (Å²) in [6, 6.07) is 4.22. The zero-order valence-corrected chi connectivity index (χ0v) is 23.2. The summed E-state index contributed by atoms with van der Waals surface area (Å²) in [7, 11) is 3.81. The van der Waals surface area contributed by atoms with Gasteiger partial charge in [0, 0.05) is 38.8 Å². The van der Waals surface area contributed by atoms with Crippen LogP contribution in [0.15, 0.2) is 12.1 Å². The van der Waals surface area contributed by atoms with Gasteiger partial charge >= 0.3 is 0 Å². The van der Waals surface area contributed by atoms with E-state index in [0.29, 0.717) is 34.4 Å². The molecule has 0 aromatic carbocycles. The lowest BCUT2D eigenvalue weighted by atomic mass is 9.85. The number of nitrogens with one attached hydrogen (secondary N) is 1. The number of halogens is 1. The molecule has 3 fully saturated rings. The maximum absolute atomic E-state index is 13.3. The normalized spacial score (nSPS) is 27.6. The van der Waals surface area contributed by atoms with Crippen LogP contribution in [0, 0.1) is 5.92 Å². The number of hydrogen-bond acceptors (Lipinski definition) is 7. The van der Waals surface area contributed by atoms with Gasteiger partial charge < -0.3 is 29.5 Å². The summed E-state index contributed by atoms with van der Waals surface area (Å²) in [5.41, 5.74) is 0. The minimum Gasteiger partial charge on any atom is -0.474 e. The third kappa shape index (κ3) is 7.34. The first-order chi connectivity index (χ1) is 17.4. The number of hydrogen-bond donors (Lipinski definition) is 1. The molecule has 2 amide bonds. The molecule has 3 aliphatic rings. The summed E-state index contributed by atoms with van der Waals surface area (Å²) in [4.78, 5) is 32.2. The first-order valence-electron chi connectivity index (χ1n) is 13.3. The smallest absolute Gasteiger partial charge is 0.261 e. The van der Waals surface area contributed by atoms with Crippen LogP contribution in [0.1, 0.15) is 44.9 Å². The SMILES string of the molecule is COC[C@H]1C(=O)N(C[C@H]2CC[C@@H](NCC[C@H]3CCCN3C)CC2)CCN1C(=O)COc1ccc(Cl)s1. The standard InChI is InChI=1S/C26H41ClN4O4S/c1-29-13-3-4-21(29)11-12-28-20-7-5-19(6-8-20)16-30-14-15-31(22(17-34-2)26(30)33)24(32)18-35-25-10-9-23(27)36-25/h9-10,19-22,28H,3-8,11-18H2,1-2H3/t19-,20+,21-,22+/m1/s1. The summed E-state index contributed by atoms with van der Waals surface area (Å²) in [6.45, 7) is 4.24. The number of carbonyl (C=O) groups is 2. The number of piperazine rings is 1. The third-order valence-electron chi connectivity index (χ3n) is 8.02. The van der Waals surface area contributed by atoms with Gasteiger partial charge in [0.15, 0.2) is 11.7 Å². The molecule has 0 unspecified atom stereocenters. The number of thiophene rings is 1. The molecule has 8 nitrogen and oxygen atoms in total. The number of likely N-dealkylation sites (tertiary alicyclic amines) is 1. The molecule has 10 heteroatoms. The molecule has 1 saturated carbocycles. The molecule has 1 N–H and O–H groups in total. The molecule has 202 valence electrons. The average molecular weight is 541 g/mol. The highest BCUT2D eigenvalue weighted by Crippen LogP contribution is 2.29. The predicted molar refractivity (Wildman–Crippen MR) is 143 cm³/mol. The monoisotopic (exact) mass is 540 g/mol. The Labute approximate surface area is 224 Å². The Morgan fingerprint density at radius 1 is 1.17 bits per heavy atom. The van der Waals surface area contributed by atoms with Crippen molar-refractivity contribution in [3.8, 4) is 5.06 Å². The largest absolute Gasteiger partial charge is 0.474 e. The highest BCUT2D eigenvalue weighted by molar-refractivity contribution is 7.17. The second-order valence-electron chi connectivity index (χ2n) is 10.4. The van der Waals surface area contributed by atoms with Crippen molar-refractivity contribution in [2.75, 3.05) is 60.1 Å². The fourth-order valence-corrected chi connectivity index (χ4v) is 6.76. The van der Waals surface area contributed by atoms with E-state index in [-0.39, 0.29) is 25.0 Å². The number of rotatable bonds is 11. The van der Waals surface area contributed by atoms with Crippen molar-refractivity contribution in [2.24, 2.45) is 5.92 Å². The molecular weight excluding hydrogens is 500 g/mol. The van der Waals surface area contributed by atoms with Crippen LogP contribution in [0.5, 0.6) is 5.06 Å². The molecule has 36 heavy (non-hydrogen) atoms. The Hall–Kier alpha value is -1.39. The van der Waals surface area contributed by atoms with E-state index in [1.807, 2.05) is 4.90 Å². The van der Waals surface area contributed by atoms with E-state index >= 15 is 0 Å². The van der Waals surface area contributed by atoms with Crippen molar-refractivity contribution in [1.29, 1.82) is 0 Å². The Bertz CT molecular complexity index is 863. The molecule has 2 saturated heterocycles. The van der Waals surface area contributed by atoms with Crippen LogP contribution in [0.2, 0.25) is 4.34 Å². The van der Waals surface area contributed by atoms with E-state index in [2.05, 4.69) is 17.3 Å². The summed E-state index contributed by atoms with van der Waals surface area (Å²) < 4.78 is 11.5. The first-order valence-corrected chi connectivity index (χ1v) is 14.5. The van der Waals surface area contributed by atoms with Crippen LogP contribution in [0.3, 0.4) is 0 Å².